The Morgan fingerprint density at radius 3 is 2.29 bits per heavy atom. The zero-order valence-electron chi connectivity index (χ0n) is 7.67. The minimum atomic E-state index is -4.58. The Bertz CT molecular complexity index is 307. The third-order valence-corrected chi connectivity index (χ3v) is 1.70. The summed E-state index contributed by atoms with van der Waals surface area (Å²) in [4.78, 5) is 3.17. The minimum Gasteiger partial charge on any atom is -0.337 e. The Balaban J connectivity index is 2.89. The molecule has 80 valence electrons. The SMILES string of the molecule is CC(C)C(N)c1nc(C(F)(F)F)no1. The zero-order chi connectivity index (χ0) is 10.9. The zero-order valence-corrected chi connectivity index (χ0v) is 7.67. The van der Waals surface area contributed by atoms with Crippen molar-refractivity contribution in [3.63, 3.8) is 0 Å². The summed E-state index contributed by atoms with van der Waals surface area (Å²) in [5.74, 6) is -1.53. The molecule has 1 atom stereocenters. The third kappa shape index (κ3) is 2.22. The van der Waals surface area contributed by atoms with Crippen LogP contribution in [0.3, 0.4) is 0 Å². The number of hydrogen-bond acceptors (Lipinski definition) is 4. The molecule has 1 unspecified atom stereocenters. The summed E-state index contributed by atoms with van der Waals surface area (Å²) in [6.07, 6.45) is -4.58. The van der Waals surface area contributed by atoms with Crippen molar-refractivity contribution in [2.45, 2.75) is 26.1 Å². The minimum absolute atomic E-state index is 0.0588. The lowest BCUT2D eigenvalue weighted by atomic mass is 10.1. The summed E-state index contributed by atoms with van der Waals surface area (Å²) in [6, 6.07) is -0.668. The van der Waals surface area contributed by atoms with Crippen LogP contribution in [0.1, 0.15) is 31.6 Å². The van der Waals surface area contributed by atoms with Gasteiger partial charge in [0.1, 0.15) is 0 Å². The summed E-state index contributed by atoms with van der Waals surface area (Å²) < 4.78 is 40.5. The number of hydrogen-bond donors (Lipinski definition) is 1. The van der Waals surface area contributed by atoms with E-state index in [-0.39, 0.29) is 11.8 Å². The van der Waals surface area contributed by atoms with Crippen molar-refractivity contribution in [1.82, 2.24) is 10.1 Å². The maximum atomic E-state index is 12.0. The Morgan fingerprint density at radius 1 is 1.36 bits per heavy atom. The van der Waals surface area contributed by atoms with Crippen LogP contribution in [0, 0.1) is 5.92 Å². The molecule has 2 N–H and O–H groups in total. The molecule has 14 heavy (non-hydrogen) atoms. The van der Waals surface area contributed by atoms with E-state index in [1.807, 2.05) is 0 Å². The molecule has 0 aliphatic carbocycles. The number of nitrogens with two attached hydrogens (primary N) is 1. The van der Waals surface area contributed by atoms with Gasteiger partial charge in [0.25, 0.3) is 5.82 Å². The number of aromatic nitrogens is 2. The molecule has 0 aromatic carbocycles. The first-order valence-electron chi connectivity index (χ1n) is 3.98. The summed E-state index contributed by atoms with van der Waals surface area (Å²) >= 11 is 0. The smallest absolute Gasteiger partial charge is 0.337 e. The highest BCUT2D eigenvalue weighted by Gasteiger charge is 2.38. The van der Waals surface area contributed by atoms with E-state index < -0.39 is 18.0 Å². The van der Waals surface area contributed by atoms with E-state index in [4.69, 9.17) is 5.73 Å². The Kier molecular flexibility index (Phi) is 2.79. The highest BCUT2D eigenvalue weighted by Crippen LogP contribution is 2.28. The van der Waals surface area contributed by atoms with Crippen molar-refractivity contribution < 1.29 is 17.7 Å². The van der Waals surface area contributed by atoms with Crippen LogP contribution in [0.15, 0.2) is 4.52 Å². The molecule has 1 aromatic rings. The Hall–Kier alpha value is -1.11. The van der Waals surface area contributed by atoms with Crippen molar-refractivity contribution in [2.75, 3.05) is 0 Å². The number of nitrogens with zero attached hydrogens (tertiary/aromatic N) is 2. The molecule has 0 amide bonds. The van der Waals surface area contributed by atoms with Gasteiger partial charge in [-0.05, 0) is 5.92 Å². The van der Waals surface area contributed by atoms with Gasteiger partial charge in [-0.15, -0.1) is 0 Å². The summed E-state index contributed by atoms with van der Waals surface area (Å²) in [5.41, 5.74) is 5.53. The molecule has 1 aromatic heterocycles. The lowest BCUT2D eigenvalue weighted by Crippen LogP contribution is -2.17. The van der Waals surface area contributed by atoms with Crippen LogP contribution in [-0.2, 0) is 6.18 Å². The molecule has 0 saturated heterocycles. The third-order valence-electron chi connectivity index (χ3n) is 1.70. The summed E-state index contributed by atoms with van der Waals surface area (Å²) in [7, 11) is 0. The lowest BCUT2D eigenvalue weighted by Gasteiger charge is -2.09. The van der Waals surface area contributed by atoms with Crippen LogP contribution in [0.25, 0.3) is 0 Å². The fraction of sp³-hybridized carbons (Fsp3) is 0.714. The van der Waals surface area contributed by atoms with Crippen molar-refractivity contribution in [2.24, 2.45) is 11.7 Å². The normalized spacial score (nSPS) is 14.8. The van der Waals surface area contributed by atoms with E-state index in [9.17, 15) is 13.2 Å². The quantitative estimate of drug-likeness (QED) is 0.805. The van der Waals surface area contributed by atoms with Gasteiger partial charge in [0.15, 0.2) is 0 Å². The first-order valence-corrected chi connectivity index (χ1v) is 3.98. The van der Waals surface area contributed by atoms with E-state index in [2.05, 4.69) is 14.7 Å². The first kappa shape index (κ1) is 11.0. The largest absolute Gasteiger partial charge is 0.455 e. The van der Waals surface area contributed by atoms with E-state index >= 15 is 0 Å². The van der Waals surface area contributed by atoms with Crippen molar-refractivity contribution in [3.05, 3.63) is 11.7 Å². The average molecular weight is 209 g/mol. The monoisotopic (exact) mass is 209 g/mol. The van der Waals surface area contributed by atoms with Crippen molar-refractivity contribution in [3.8, 4) is 0 Å². The van der Waals surface area contributed by atoms with Gasteiger partial charge in [-0.1, -0.05) is 19.0 Å². The molecular weight excluding hydrogens is 199 g/mol. The summed E-state index contributed by atoms with van der Waals surface area (Å²) in [6.45, 7) is 3.50. The average Bonchev–Trinajstić information content (AvgIpc) is 2.49. The van der Waals surface area contributed by atoms with Crippen LogP contribution < -0.4 is 5.73 Å². The lowest BCUT2D eigenvalue weighted by molar-refractivity contribution is -0.146. The molecule has 0 fully saturated rings. The van der Waals surface area contributed by atoms with Crippen LogP contribution in [0.5, 0.6) is 0 Å². The predicted octanol–water partition coefficient (Wildman–Crippen LogP) is 1.74. The van der Waals surface area contributed by atoms with Crippen LogP contribution in [0.4, 0.5) is 13.2 Å². The van der Waals surface area contributed by atoms with Crippen LogP contribution >= 0.6 is 0 Å². The van der Waals surface area contributed by atoms with E-state index in [1.54, 1.807) is 13.8 Å². The molecule has 7 heteroatoms. The Morgan fingerprint density at radius 2 is 1.93 bits per heavy atom. The second-order valence-electron chi connectivity index (χ2n) is 3.22. The van der Waals surface area contributed by atoms with Gasteiger partial charge < -0.3 is 10.3 Å². The van der Waals surface area contributed by atoms with Gasteiger partial charge in [0, 0.05) is 0 Å². The highest BCUT2D eigenvalue weighted by molar-refractivity contribution is 4.95. The Labute approximate surface area is 78.3 Å². The van der Waals surface area contributed by atoms with E-state index in [0.29, 0.717) is 0 Å². The fourth-order valence-corrected chi connectivity index (χ4v) is 0.771. The van der Waals surface area contributed by atoms with Gasteiger partial charge in [-0.25, -0.2) is 0 Å². The van der Waals surface area contributed by atoms with Crippen LogP contribution in [0.2, 0.25) is 0 Å². The van der Waals surface area contributed by atoms with Gasteiger partial charge in [0.05, 0.1) is 6.04 Å². The molecular formula is C7H10F3N3O. The van der Waals surface area contributed by atoms with Crippen molar-refractivity contribution in [1.29, 1.82) is 0 Å². The second-order valence-corrected chi connectivity index (χ2v) is 3.22. The molecule has 0 aliphatic rings. The first-order chi connectivity index (χ1) is 6.32. The van der Waals surface area contributed by atoms with E-state index in [1.165, 1.54) is 0 Å². The topological polar surface area (TPSA) is 64.9 Å². The maximum absolute atomic E-state index is 12.0. The van der Waals surface area contributed by atoms with Gasteiger partial charge in [0.2, 0.25) is 5.89 Å². The highest BCUT2D eigenvalue weighted by atomic mass is 19.4. The fourth-order valence-electron chi connectivity index (χ4n) is 0.771. The number of alkyl halides is 3. The predicted molar refractivity (Wildman–Crippen MR) is 41.1 cm³/mol. The van der Waals surface area contributed by atoms with Gasteiger partial charge >= 0.3 is 6.18 Å². The van der Waals surface area contributed by atoms with E-state index in [0.717, 1.165) is 0 Å². The molecule has 0 saturated carbocycles. The molecule has 0 aliphatic heterocycles. The summed E-state index contributed by atoms with van der Waals surface area (Å²) in [5, 5.41) is 2.80. The molecule has 0 radical (unpaired) electrons. The second kappa shape index (κ2) is 3.56. The van der Waals surface area contributed by atoms with Crippen molar-refractivity contribution >= 4 is 0 Å². The number of rotatable bonds is 2. The number of halogens is 3. The molecule has 1 rings (SSSR count). The molecule has 4 nitrogen and oxygen atoms in total. The van der Waals surface area contributed by atoms with Crippen LogP contribution in [-0.4, -0.2) is 10.1 Å². The standard InChI is InChI=1S/C7H10F3N3O/c1-3(2)4(11)5-12-6(13-14-5)7(8,9)10/h3-4H,11H2,1-2H3. The molecule has 0 spiro atoms. The molecule has 1 heterocycles. The molecule has 0 bridgehead atoms. The van der Waals surface area contributed by atoms with Gasteiger partial charge in [-0.2, -0.15) is 18.2 Å². The van der Waals surface area contributed by atoms with Gasteiger partial charge in [-0.3, -0.25) is 0 Å². The maximum Gasteiger partial charge on any atom is 0.455 e.